The number of rotatable bonds is 8. The number of hydrogen-bond donors (Lipinski definition) is 2. The van der Waals surface area contributed by atoms with Crippen molar-refractivity contribution >= 4 is 20.0 Å². The summed E-state index contributed by atoms with van der Waals surface area (Å²) in [6, 6.07) is 11.7. The van der Waals surface area contributed by atoms with Crippen molar-refractivity contribution in [3.63, 3.8) is 0 Å². The first kappa shape index (κ1) is 21.6. The van der Waals surface area contributed by atoms with Crippen LogP contribution in [0.4, 0.5) is 0 Å². The fourth-order valence-corrected chi connectivity index (χ4v) is 5.05. The zero-order valence-corrected chi connectivity index (χ0v) is 17.6. The molecule has 2 rings (SSSR count). The molecule has 0 amide bonds. The third-order valence-electron chi connectivity index (χ3n) is 4.05. The van der Waals surface area contributed by atoms with E-state index in [0.717, 1.165) is 16.7 Å². The average Bonchev–Trinajstić information content (AvgIpc) is 2.55. The lowest BCUT2D eigenvalue weighted by Gasteiger charge is -2.11. The molecule has 6 nitrogen and oxygen atoms in total. The first-order chi connectivity index (χ1) is 12.5. The van der Waals surface area contributed by atoms with Gasteiger partial charge in [0.25, 0.3) is 0 Å². The Labute approximate surface area is 162 Å². The van der Waals surface area contributed by atoms with Crippen LogP contribution in [0.1, 0.15) is 36.1 Å². The van der Waals surface area contributed by atoms with Gasteiger partial charge in [0.05, 0.1) is 10.6 Å². The van der Waals surface area contributed by atoms with E-state index in [1.54, 1.807) is 56.3 Å². The summed E-state index contributed by atoms with van der Waals surface area (Å²) in [4.78, 5) is 0.230. The molecule has 0 aliphatic heterocycles. The highest BCUT2D eigenvalue weighted by Crippen LogP contribution is 2.15. The van der Waals surface area contributed by atoms with Gasteiger partial charge < -0.3 is 0 Å². The average molecular weight is 411 g/mol. The maximum Gasteiger partial charge on any atom is 0.240 e. The lowest BCUT2D eigenvalue weighted by atomic mass is 10.1. The third kappa shape index (κ3) is 6.42. The van der Waals surface area contributed by atoms with E-state index in [4.69, 9.17) is 0 Å². The topological polar surface area (TPSA) is 92.3 Å². The minimum atomic E-state index is -3.61. The molecule has 2 aromatic carbocycles. The van der Waals surface area contributed by atoms with Crippen LogP contribution in [0.5, 0.6) is 0 Å². The third-order valence-corrected chi connectivity index (χ3v) is 6.99. The summed E-state index contributed by atoms with van der Waals surface area (Å²) >= 11 is 0. The van der Waals surface area contributed by atoms with Gasteiger partial charge in [-0.2, -0.15) is 0 Å². The molecule has 0 fully saturated rings. The molecule has 0 radical (unpaired) electrons. The molecule has 0 unspecified atom stereocenters. The van der Waals surface area contributed by atoms with Crippen molar-refractivity contribution in [3.05, 3.63) is 64.7 Å². The molecule has 0 aliphatic rings. The number of nitrogens with one attached hydrogen (secondary N) is 2. The van der Waals surface area contributed by atoms with Crippen molar-refractivity contribution in [2.45, 2.75) is 50.9 Å². The molecular formula is C19H26N2O4S2. The highest BCUT2D eigenvalue weighted by Gasteiger charge is 2.15. The molecule has 0 aromatic heterocycles. The Morgan fingerprint density at radius 2 is 1.44 bits per heavy atom. The minimum Gasteiger partial charge on any atom is -0.212 e. The van der Waals surface area contributed by atoms with E-state index in [9.17, 15) is 16.8 Å². The fourth-order valence-electron chi connectivity index (χ4n) is 2.52. The Morgan fingerprint density at radius 1 is 0.852 bits per heavy atom. The van der Waals surface area contributed by atoms with Crippen LogP contribution < -0.4 is 9.44 Å². The molecule has 0 spiro atoms. The van der Waals surface area contributed by atoms with Crippen LogP contribution in [0.15, 0.2) is 47.4 Å². The monoisotopic (exact) mass is 410 g/mol. The molecule has 0 aliphatic carbocycles. The van der Waals surface area contributed by atoms with Gasteiger partial charge in [-0.25, -0.2) is 26.3 Å². The molecule has 148 valence electrons. The van der Waals surface area contributed by atoms with Crippen LogP contribution in [-0.4, -0.2) is 22.9 Å². The van der Waals surface area contributed by atoms with E-state index in [-0.39, 0.29) is 23.2 Å². The Morgan fingerprint density at radius 3 is 2.00 bits per heavy atom. The van der Waals surface area contributed by atoms with Crippen LogP contribution in [-0.2, 0) is 32.3 Å². The molecular weight excluding hydrogens is 384 g/mol. The number of aryl methyl sites for hydroxylation is 2. The number of hydrogen-bond acceptors (Lipinski definition) is 4. The molecule has 0 saturated carbocycles. The zero-order valence-electron chi connectivity index (χ0n) is 16.0. The van der Waals surface area contributed by atoms with Crippen molar-refractivity contribution < 1.29 is 16.8 Å². The smallest absolute Gasteiger partial charge is 0.212 e. The summed E-state index contributed by atoms with van der Waals surface area (Å²) < 4.78 is 53.9. The molecule has 2 aromatic rings. The predicted molar refractivity (Wildman–Crippen MR) is 107 cm³/mol. The highest BCUT2D eigenvalue weighted by molar-refractivity contribution is 7.89. The Hall–Kier alpha value is -1.74. The van der Waals surface area contributed by atoms with E-state index < -0.39 is 20.0 Å². The molecule has 0 saturated heterocycles. The van der Waals surface area contributed by atoms with Crippen molar-refractivity contribution in [2.24, 2.45) is 0 Å². The van der Waals surface area contributed by atoms with Gasteiger partial charge in [0.15, 0.2) is 0 Å². The normalized spacial score (nSPS) is 12.5. The van der Waals surface area contributed by atoms with Gasteiger partial charge in [0, 0.05) is 12.6 Å². The highest BCUT2D eigenvalue weighted by atomic mass is 32.2. The van der Waals surface area contributed by atoms with Gasteiger partial charge in [-0.3, -0.25) is 0 Å². The van der Waals surface area contributed by atoms with Crippen LogP contribution in [0.3, 0.4) is 0 Å². The van der Waals surface area contributed by atoms with Crippen LogP contribution in [0.25, 0.3) is 0 Å². The van der Waals surface area contributed by atoms with Crippen molar-refractivity contribution in [3.8, 4) is 0 Å². The Balaban J connectivity index is 2.03. The Kier molecular flexibility index (Phi) is 6.80. The fraction of sp³-hybridized carbons (Fsp3) is 0.368. The number of benzene rings is 2. The summed E-state index contributed by atoms with van der Waals surface area (Å²) in [5.74, 6) is -0.111. The quantitative estimate of drug-likeness (QED) is 0.700. The molecule has 2 N–H and O–H groups in total. The zero-order chi connectivity index (χ0) is 20.2. The van der Waals surface area contributed by atoms with Gasteiger partial charge in [-0.1, -0.05) is 30.3 Å². The van der Waals surface area contributed by atoms with Gasteiger partial charge >= 0.3 is 0 Å². The van der Waals surface area contributed by atoms with Crippen molar-refractivity contribution in [1.29, 1.82) is 0 Å². The molecule has 0 bridgehead atoms. The van der Waals surface area contributed by atoms with E-state index in [2.05, 4.69) is 9.44 Å². The lowest BCUT2D eigenvalue weighted by Crippen LogP contribution is -2.31. The van der Waals surface area contributed by atoms with E-state index in [1.807, 2.05) is 13.8 Å². The molecule has 8 heteroatoms. The van der Waals surface area contributed by atoms with Gasteiger partial charge in [-0.05, 0) is 62.1 Å². The maximum absolute atomic E-state index is 12.4. The van der Waals surface area contributed by atoms with Crippen molar-refractivity contribution in [1.82, 2.24) is 9.44 Å². The molecule has 27 heavy (non-hydrogen) atoms. The lowest BCUT2D eigenvalue weighted by molar-refractivity contribution is 0.569. The van der Waals surface area contributed by atoms with Gasteiger partial charge in [0.1, 0.15) is 0 Å². The van der Waals surface area contributed by atoms with Crippen LogP contribution in [0.2, 0.25) is 0 Å². The SMILES string of the molecule is Cc1ccc(S(=O)(=O)NCc2ccc(CS(=O)(=O)NC(C)C)cc2)cc1C. The minimum absolute atomic E-state index is 0.111. The van der Waals surface area contributed by atoms with Gasteiger partial charge in [0.2, 0.25) is 20.0 Å². The largest absolute Gasteiger partial charge is 0.240 e. The second kappa shape index (κ2) is 8.52. The van der Waals surface area contributed by atoms with Crippen molar-refractivity contribution in [2.75, 3.05) is 0 Å². The number of sulfonamides is 2. The standard InChI is InChI=1S/C19H26N2O4S2/c1-14(2)21-26(22,23)13-18-8-6-17(7-9-18)12-20-27(24,25)19-10-5-15(3)16(4)11-19/h5-11,14,20-21H,12-13H2,1-4H3. The first-order valence-electron chi connectivity index (χ1n) is 8.63. The van der Waals surface area contributed by atoms with Gasteiger partial charge in [-0.15, -0.1) is 0 Å². The molecule has 0 heterocycles. The predicted octanol–water partition coefficient (Wildman–Crippen LogP) is 2.61. The van der Waals surface area contributed by atoms with E-state index in [0.29, 0.717) is 5.56 Å². The van der Waals surface area contributed by atoms with Crippen LogP contribution in [0, 0.1) is 13.8 Å². The first-order valence-corrected chi connectivity index (χ1v) is 11.8. The maximum atomic E-state index is 12.4. The Bertz CT molecular complexity index is 997. The summed E-state index contributed by atoms with van der Waals surface area (Å²) in [6.07, 6.45) is 0. The summed E-state index contributed by atoms with van der Waals surface area (Å²) in [6.45, 7) is 7.46. The van der Waals surface area contributed by atoms with E-state index in [1.165, 1.54) is 0 Å². The summed E-state index contributed by atoms with van der Waals surface area (Å²) in [5, 5.41) is 0. The second-order valence-electron chi connectivity index (χ2n) is 6.92. The second-order valence-corrected chi connectivity index (χ2v) is 10.4. The van der Waals surface area contributed by atoms with Crippen LogP contribution >= 0.6 is 0 Å². The van der Waals surface area contributed by atoms with E-state index >= 15 is 0 Å². The molecule has 0 atom stereocenters. The summed E-state index contributed by atoms with van der Waals surface area (Å²) in [5.41, 5.74) is 3.34. The summed E-state index contributed by atoms with van der Waals surface area (Å²) in [7, 11) is -6.99.